The predicted octanol–water partition coefficient (Wildman–Crippen LogP) is 4.05. The molecule has 2 aromatic rings. The molecule has 0 saturated heterocycles. The largest absolute Gasteiger partial charge is 0.489 e. The average molecular weight is 382 g/mol. The number of carboxylic acids is 1. The molecule has 2 aromatic carbocycles. The predicted molar refractivity (Wildman–Crippen MR) is 96.0 cm³/mol. The van der Waals surface area contributed by atoms with E-state index in [0.29, 0.717) is 28.9 Å². The fourth-order valence-corrected chi connectivity index (χ4v) is 2.52. The van der Waals surface area contributed by atoms with Gasteiger partial charge in [-0.3, -0.25) is 9.59 Å². The van der Waals surface area contributed by atoms with E-state index in [9.17, 15) is 9.59 Å². The van der Waals surface area contributed by atoms with E-state index in [1.54, 1.807) is 30.3 Å². The Bertz CT molecular complexity index is 764. The Labute approximate surface area is 155 Å². The van der Waals surface area contributed by atoms with Gasteiger partial charge in [0.2, 0.25) is 5.91 Å². The Kier molecular flexibility index (Phi) is 7.10. The van der Waals surface area contributed by atoms with Crippen LogP contribution in [0.4, 0.5) is 0 Å². The van der Waals surface area contributed by atoms with Gasteiger partial charge in [-0.2, -0.15) is 0 Å². The molecule has 2 rings (SSSR count). The molecule has 0 heterocycles. The van der Waals surface area contributed by atoms with Crippen molar-refractivity contribution in [2.24, 2.45) is 0 Å². The molecule has 7 heteroatoms. The van der Waals surface area contributed by atoms with Crippen molar-refractivity contribution >= 4 is 35.1 Å². The normalized spacial score (nSPS) is 10.3. The van der Waals surface area contributed by atoms with Crippen molar-refractivity contribution in [2.45, 2.75) is 26.0 Å². The minimum absolute atomic E-state index is 0.0411. The Morgan fingerprint density at radius 3 is 2.60 bits per heavy atom. The number of nitrogens with one attached hydrogen (secondary N) is 1. The zero-order valence-electron chi connectivity index (χ0n) is 13.3. The van der Waals surface area contributed by atoms with E-state index < -0.39 is 5.97 Å². The standard InChI is InChI=1S/C18H17Cl2NO4/c19-14-5-4-13(16(20)9-14)11-25-15-3-1-2-12(8-15)10-21-17(22)6-7-18(23)24/h1-5,8-9H,6-7,10-11H2,(H,21,22)(H,23,24). The van der Waals surface area contributed by atoms with E-state index in [2.05, 4.69) is 5.32 Å². The van der Waals surface area contributed by atoms with E-state index in [-0.39, 0.29) is 18.7 Å². The maximum Gasteiger partial charge on any atom is 0.303 e. The molecule has 5 nitrogen and oxygen atoms in total. The Balaban J connectivity index is 1.88. The number of halogens is 2. The molecular weight excluding hydrogens is 365 g/mol. The zero-order chi connectivity index (χ0) is 18.2. The van der Waals surface area contributed by atoms with Crippen LogP contribution in [0.1, 0.15) is 24.0 Å². The number of hydrogen-bond donors (Lipinski definition) is 2. The van der Waals surface area contributed by atoms with Gasteiger partial charge in [-0.15, -0.1) is 0 Å². The number of aliphatic carboxylic acids is 1. The van der Waals surface area contributed by atoms with Crippen LogP contribution < -0.4 is 10.1 Å². The fraction of sp³-hybridized carbons (Fsp3) is 0.222. The summed E-state index contributed by atoms with van der Waals surface area (Å²) < 4.78 is 5.72. The molecule has 0 aliphatic carbocycles. The second-order valence-electron chi connectivity index (χ2n) is 5.34. The van der Waals surface area contributed by atoms with Gasteiger partial charge in [-0.25, -0.2) is 0 Å². The summed E-state index contributed by atoms with van der Waals surface area (Å²) in [4.78, 5) is 22.0. The molecule has 1 amide bonds. The van der Waals surface area contributed by atoms with Crippen molar-refractivity contribution in [2.75, 3.05) is 0 Å². The number of benzene rings is 2. The van der Waals surface area contributed by atoms with Crippen LogP contribution in [0.2, 0.25) is 10.0 Å². The van der Waals surface area contributed by atoms with Gasteiger partial charge >= 0.3 is 5.97 Å². The minimum Gasteiger partial charge on any atom is -0.489 e. The van der Waals surface area contributed by atoms with Gasteiger partial charge < -0.3 is 15.2 Å². The summed E-state index contributed by atoms with van der Waals surface area (Å²) >= 11 is 12.0. The molecule has 0 unspecified atom stereocenters. The number of carbonyl (C=O) groups excluding carboxylic acids is 1. The highest BCUT2D eigenvalue weighted by atomic mass is 35.5. The van der Waals surface area contributed by atoms with Gasteiger partial charge in [0.1, 0.15) is 12.4 Å². The molecular formula is C18H17Cl2NO4. The second kappa shape index (κ2) is 9.30. The third-order valence-electron chi connectivity index (χ3n) is 3.36. The quantitative estimate of drug-likeness (QED) is 0.722. The van der Waals surface area contributed by atoms with Gasteiger partial charge in [0.15, 0.2) is 0 Å². The fourth-order valence-electron chi connectivity index (χ4n) is 2.05. The molecule has 132 valence electrons. The summed E-state index contributed by atoms with van der Waals surface area (Å²) in [6, 6.07) is 12.5. The molecule has 0 spiro atoms. The van der Waals surface area contributed by atoms with Crippen molar-refractivity contribution in [3.05, 3.63) is 63.6 Å². The topological polar surface area (TPSA) is 75.6 Å². The maximum atomic E-state index is 11.6. The van der Waals surface area contributed by atoms with Crippen LogP contribution in [0.3, 0.4) is 0 Å². The lowest BCUT2D eigenvalue weighted by molar-refractivity contribution is -0.138. The van der Waals surface area contributed by atoms with Crippen LogP contribution in [-0.2, 0) is 22.7 Å². The van der Waals surface area contributed by atoms with Gasteiger partial charge in [0.05, 0.1) is 6.42 Å². The molecule has 2 N–H and O–H groups in total. The summed E-state index contributed by atoms with van der Waals surface area (Å²) in [7, 11) is 0. The van der Waals surface area contributed by atoms with Crippen LogP contribution in [0.25, 0.3) is 0 Å². The first-order valence-electron chi connectivity index (χ1n) is 7.58. The highest BCUT2D eigenvalue weighted by molar-refractivity contribution is 6.35. The molecule has 0 aromatic heterocycles. The van der Waals surface area contributed by atoms with Crippen molar-refractivity contribution in [3.63, 3.8) is 0 Å². The molecule has 0 atom stereocenters. The molecule has 0 aliphatic rings. The number of hydrogen-bond acceptors (Lipinski definition) is 3. The van der Waals surface area contributed by atoms with E-state index >= 15 is 0 Å². The van der Waals surface area contributed by atoms with Crippen molar-refractivity contribution in [3.8, 4) is 5.75 Å². The van der Waals surface area contributed by atoms with Gasteiger partial charge in [-0.1, -0.05) is 41.4 Å². The Morgan fingerprint density at radius 1 is 1.08 bits per heavy atom. The lowest BCUT2D eigenvalue weighted by atomic mass is 10.2. The number of rotatable bonds is 8. The monoisotopic (exact) mass is 381 g/mol. The van der Waals surface area contributed by atoms with Gasteiger partial charge in [0.25, 0.3) is 0 Å². The van der Waals surface area contributed by atoms with E-state index in [0.717, 1.165) is 11.1 Å². The van der Waals surface area contributed by atoms with E-state index in [1.165, 1.54) is 0 Å². The smallest absolute Gasteiger partial charge is 0.303 e. The van der Waals surface area contributed by atoms with Crippen LogP contribution >= 0.6 is 23.2 Å². The summed E-state index contributed by atoms with van der Waals surface area (Å²) in [5, 5.41) is 12.3. The molecule has 0 saturated carbocycles. The number of ether oxygens (including phenoxy) is 1. The zero-order valence-corrected chi connectivity index (χ0v) is 14.8. The summed E-state index contributed by atoms with van der Waals surface area (Å²) in [6.45, 7) is 0.599. The molecule has 0 aliphatic heterocycles. The average Bonchev–Trinajstić information content (AvgIpc) is 2.58. The summed E-state index contributed by atoms with van der Waals surface area (Å²) in [6.07, 6.45) is -0.225. The Hall–Kier alpha value is -2.24. The highest BCUT2D eigenvalue weighted by Gasteiger charge is 2.06. The molecule has 0 radical (unpaired) electrons. The molecule has 25 heavy (non-hydrogen) atoms. The lowest BCUT2D eigenvalue weighted by Gasteiger charge is -2.10. The first-order valence-corrected chi connectivity index (χ1v) is 8.34. The second-order valence-corrected chi connectivity index (χ2v) is 6.19. The maximum absolute atomic E-state index is 11.6. The highest BCUT2D eigenvalue weighted by Crippen LogP contribution is 2.23. The number of carbonyl (C=O) groups is 2. The first kappa shape index (κ1) is 19.1. The summed E-state index contributed by atoms with van der Waals surface area (Å²) in [5.74, 6) is -0.656. The van der Waals surface area contributed by atoms with Crippen molar-refractivity contribution in [1.29, 1.82) is 0 Å². The van der Waals surface area contributed by atoms with Crippen LogP contribution in [-0.4, -0.2) is 17.0 Å². The van der Waals surface area contributed by atoms with Crippen molar-refractivity contribution in [1.82, 2.24) is 5.32 Å². The third-order valence-corrected chi connectivity index (χ3v) is 3.95. The van der Waals surface area contributed by atoms with Crippen LogP contribution in [0.15, 0.2) is 42.5 Å². The first-order chi connectivity index (χ1) is 11.9. The SMILES string of the molecule is O=C(O)CCC(=O)NCc1cccc(OCc2ccc(Cl)cc2Cl)c1. The molecule has 0 bridgehead atoms. The number of carboxylic acid groups (broad SMARTS) is 1. The lowest BCUT2D eigenvalue weighted by Crippen LogP contribution is -2.23. The Morgan fingerprint density at radius 2 is 1.88 bits per heavy atom. The molecule has 0 fully saturated rings. The van der Waals surface area contributed by atoms with E-state index in [1.807, 2.05) is 12.1 Å². The number of amides is 1. The summed E-state index contributed by atoms with van der Waals surface area (Å²) in [5.41, 5.74) is 1.67. The third kappa shape index (κ3) is 6.64. The van der Waals surface area contributed by atoms with Gasteiger partial charge in [0, 0.05) is 28.6 Å². The van der Waals surface area contributed by atoms with E-state index in [4.69, 9.17) is 33.0 Å². The van der Waals surface area contributed by atoms with Crippen LogP contribution in [0, 0.1) is 0 Å². The van der Waals surface area contributed by atoms with Crippen molar-refractivity contribution < 1.29 is 19.4 Å². The van der Waals surface area contributed by atoms with Crippen LogP contribution in [0.5, 0.6) is 5.75 Å². The minimum atomic E-state index is -0.994. The van der Waals surface area contributed by atoms with Gasteiger partial charge in [-0.05, 0) is 29.8 Å².